The number of hydrogen-bond donors (Lipinski definition) is 1. The van der Waals surface area contributed by atoms with Crippen LogP contribution in [0.2, 0.25) is 0 Å². The van der Waals surface area contributed by atoms with E-state index < -0.39 is 0 Å². The number of methoxy groups -OCH3 is 1. The third-order valence-corrected chi connectivity index (χ3v) is 3.12. The van der Waals surface area contributed by atoms with Gasteiger partial charge in [0.25, 0.3) is 0 Å². The van der Waals surface area contributed by atoms with Gasteiger partial charge in [0.05, 0.1) is 6.10 Å². The molecule has 0 heterocycles. The number of amides is 1. The van der Waals surface area contributed by atoms with E-state index in [0.717, 1.165) is 6.42 Å². The molecule has 3 nitrogen and oxygen atoms in total. The van der Waals surface area contributed by atoms with Crippen LogP contribution in [0.3, 0.4) is 0 Å². The highest BCUT2D eigenvalue weighted by Crippen LogP contribution is 2.42. The Hall–Kier alpha value is -0.570. The number of rotatable bonds is 3. The molecule has 1 amide bonds. The van der Waals surface area contributed by atoms with Crippen LogP contribution in [0.15, 0.2) is 0 Å². The minimum atomic E-state index is 0.0829. The molecular weight excluding hydrogens is 166 g/mol. The van der Waals surface area contributed by atoms with Crippen LogP contribution in [0.1, 0.15) is 33.6 Å². The smallest absolute Gasteiger partial charge is 0.219 e. The number of carbonyl (C=O) groups is 1. The Bertz CT molecular complexity index is 201. The molecule has 1 saturated carbocycles. The lowest BCUT2D eigenvalue weighted by atomic mass is 9.64. The second-order valence-electron chi connectivity index (χ2n) is 4.26. The number of ether oxygens (including phenoxy) is 1. The predicted octanol–water partition coefficient (Wildman–Crippen LogP) is 1.33. The summed E-state index contributed by atoms with van der Waals surface area (Å²) in [5.41, 5.74) is 0.0829. The maximum absolute atomic E-state index is 11.1. The molecule has 2 atom stereocenters. The van der Waals surface area contributed by atoms with E-state index >= 15 is 0 Å². The van der Waals surface area contributed by atoms with Crippen LogP contribution >= 0.6 is 0 Å². The fraction of sp³-hybridized carbons (Fsp3) is 0.900. The van der Waals surface area contributed by atoms with Gasteiger partial charge >= 0.3 is 0 Å². The van der Waals surface area contributed by atoms with Gasteiger partial charge in [-0.05, 0) is 6.42 Å². The van der Waals surface area contributed by atoms with Crippen LogP contribution in [-0.2, 0) is 9.53 Å². The summed E-state index contributed by atoms with van der Waals surface area (Å²) in [5.74, 6) is 0.132. The van der Waals surface area contributed by atoms with Crippen molar-refractivity contribution in [3.63, 3.8) is 0 Å². The van der Waals surface area contributed by atoms with Gasteiger partial charge in [0.2, 0.25) is 5.91 Å². The standard InChI is InChI=1S/C10H19NO2/c1-5-9(12)11-7-6-8(13-4)10(7,2)3/h7-8H,5-6H2,1-4H3,(H,11,12). The normalized spacial score (nSPS) is 30.8. The molecule has 1 N–H and O–H groups in total. The third-order valence-electron chi connectivity index (χ3n) is 3.12. The van der Waals surface area contributed by atoms with Crippen molar-refractivity contribution >= 4 is 5.91 Å². The lowest BCUT2D eigenvalue weighted by Gasteiger charge is -2.51. The van der Waals surface area contributed by atoms with Gasteiger partial charge in [0.15, 0.2) is 0 Å². The first-order valence-corrected chi connectivity index (χ1v) is 4.84. The van der Waals surface area contributed by atoms with E-state index in [2.05, 4.69) is 19.2 Å². The molecule has 0 bridgehead atoms. The van der Waals surface area contributed by atoms with Crippen LogP contribution in [0.5, 0.6) is 0 Å². The van der Waals surface area contributed by atoms with Gasteiger partial charge in [-0.15, -0.1) is 0 Å². The maximum Gasteiger partial charge on any atom is 0.219 e. The van der Waals surface area contributed by atoms with Crippen LogP contribution in [0, 0.1) is 5.41 Å². The van der Waals surface area contributed by atoms with Gasteiger partial charge < -0.3 is 10.1 Å². The summed E-state index contributed by atoms with van der Waals surface area (Å²) < 4.78 is 5.30. The van der Waals surface area contributed by atoms with E-state index in [1.807, 2.05) is 6.92 Å². The van der Waals surface area contributed by atoms with Gasteiger partial charge in [-0.3, -0.25) is 4.79 Å². The highest BCUT2D eigenvalue weighted by Gasteiger charge is 2.48. The highest BCUT2D eigenvalue weighted by atomic mass is 16.5. The Morgan fingerprint density at radius 3 is 2.62 bits per heavy atom. The summed E-state index contributed by atoms with van der Waals surface area (Å²) >= 11 is 0. The van der Waals surface area contributed by atoms with Crippen molar-refractivity contribution in [2.24, 2.45) is 5.41 Å². The molecule has 1 fully saturated rings. The molecular formula is C10H19NO2. The van der Waals surface area contributed by atoms with Crippen molar-refractivity contribution in [2.45, 2.75) is 45.8 Å². The van der Waals surface area contributed by atoms with Gasteiger partial charge in [0.1, 0.15) is 0 Å². The van der Waals surface area contributed by atoms with Crippen LogP contribution in [0.25, 0.3) is 0 Å². The van der Waals surface area contributed by atoms with Crippen molar-refractivity contribution in [3.8, 4) is 0 Å². The minimum Gasteiger partial charge on any atom is -0.381 e. The largest absolute Gasteiger partial charge is 0.381 e. The van der Waals surface area contributed by atoms with Gasteiger partial charge in [-0.25, -0.2) is 0 Å². The first-order valence-electron chi connectivity index (χ1n) is 4.84. The Balaban J connectivity index is 2.44. The summed E-state index contributed by atoms with van der Waals surface area (Å²) in [7, 11) is 1.73. The molecule has 2 unspecified atom stereocenters. The van der Waals surface area contributed by atoms with Gasteiger partial charge in [0, 0.05) is 25.0 Å². The third kappa shape index (κ3) is 1.85. The fourth-order valence-corrected chi connectivity index (χ4v) is 1.83. The minimum absolute atomic E-state index is 0.0829. The molecule has 1 aliphatic carbocycles. The average Bonchev–Trinajstić information content (AvgIpc) is 2.10. The van der Waals surface area contributed by atoms with Crippen LogP contribution in [0.4, 0.5) is 0 Å². The summed E-state index contributed by atoms with van der Waals surface area (Å²) in [6, 6.07) is 0.282. The molecule has 1 aliphatic rings. The zero-order valence-electron chi connectivity index (χ0n) is 8.89. The zero-order valence-corrected chi connectivity index (χ0v) is 8.89. The van der Waals surface area contributed by atoms with Crippen LogP contribution < -0.4 is 5.32 Å². The van der Waals surface area contributed by atoms with Gasteiger partial charge in [-0.1, -0.05) is 20.8 Å². The summed E-state index contributed by atoms with van der Waals surface area (Å²) in [4.78, 5) is 11.1. The first kappa shape index (κ1) is 10.5. The molecule has 76 valence electrons. The van der Waals surface area contributed by atoms with E-state index in [1.165, 1.54) is 0 Å². The second kappa shape index (κ2) is 3.66. The Labute approximate surface area is 79.8 Å². The van der Waals surface area contributed by atoms with Crippen molar-refractivity contribution in [1.82, 2.24) is 5.32 Å². The molecule has 1 rings (SSSR count). The van der Waals surface area contributed by atoms with E-state index in [-0.39, 0.29) is 23.5 Å². The predicted molar refractivity (Wildman–Crippen MR) is 51.4 cm³/mol. The highest BCUT2D eigenvalue weighted by molar-refractivity contribution is 5.76. The van der Waals surface area contributed by atoms with E-state index in [0.29, 0.717) is 6.42 Å². The molecule has 0 aliphatic heterocycles. The van der Waals surface area contributed by atoms with Crippen molar-refractivity contribution in [1.29, 1.82) is 0 Å². The number of carbonyl (C=O) groups excluding carboxylic acids is 1. The lowest BCUT2D eigenvalue weighted by Crippen LogP contribution is -2.61. The first-order chi connectivity index (χ1) is 6.02. The molecule has 0 radical (unpaired) electrons. The molecule has 0 spiro atoms. The van der Waals surface area contributed by atoms with Gasteiger partial charge in [-0.2, -0.15) is 0 Å². The Morgan fingerprint density at radius 2 is 2.23 bits per heavy atom. The average molecular weight is 185 g/mol. The summed E-state index contributed by atoms with van der Waals surface area (Å²) in [6.45, 7) is 6.13. The molecule has 0 aromatic rings. The molecule has 0 aromatic carbocycles. The Morgan fingerprint density at radius 1 is 1.62 bits per heavy atom. The van der Waals surface area contributed by atoms with Crippen molar-refractivity contribution in [3.05, 3.63) is 0 Å². The van der Waals surface area contributed by atoms with E-state index in [9.17, 15) is 4.79 Å². The summed E-state index contributed by atoms with van der Waals surface area (Å²) in [6.07, 6.45) is 1.79. The quantitative estimate of drug-likeness (QED) is 0.720. The lowest BCUT2D eigenvalue weighted by molar-refractivity contribution is -0.132. The Kier molecular flexibility index (Phi) is 2.96. The molecule has 0 aromatic heterocycles. The van der Waals surface area contributed by atoms with E-state index in [1.54, 1.807) is 7.11 Å². The van der Waals surface area contributed by atoms with Crippen LogP contribution in [-0.4, -0.2) is 25.2 Å². The molecule has 3 heteroatoms. The second-order valence-corrected chi connectivity index (χ2v) is 4.26. The van der Waals surface area contributed by atoms with Crippen molar-refractivity contribution in [2.75, 3.05) is 7.11 Å². The molecule has 13 heavy (non-hydrogen) atoms. The van der Waals surface area contributed by atoms with Crippen molar-refractivity contribution < 1.29 is 9.53 Å². The number of hydrogen-bond acceptors (Lipinski definition) is 2. The number of nitrogens with one attached hydrogen (secondary N) is 1. The zero-order chi connectivity index (χ0) is 10.1. The molecule has 0 saturated heterocycles. The summed E-state index contributed by atoms with van der Waals surface area (Å²) in [5, 5.41) is 3.00. The SMILES string of the molecule is CCC(=O)NC1CC(OC)C1(C)C. The topological polar surface area (TPSA) is 38.3 Å². The van der Waals surface area contributed by atoms with E-state index in [4.69, 9.17) is 4.74 Å². The fourth-order valence-electron chi connectivity index (χ4n) is 1.83. The monoisotopic (exact) mass is 185 g/mol. The maximum atomic E-state index is 11.1.